The summed E-state index contributed by atoms with van der Waals surface area (Å²) < 4.78 is 0. The molecule has 1 aliphatic rings. The molecule has 0 amide bonds. The number of aliphatic imine (C=N–C) groups is 1. The molecule has 1 N–H and O–H groups in total. The highest BCUT2D eigenvalue weighted by atomic mass is 15.1. The predicted molar refractivity (Wildman–Crippen MR) is 67.4 cm³/mol. The van der Waals surface area contributed by atoms with Gasteiger partial charge in [0, 0.05) is 12.8 Å². The van der Waals surface area contributed by atoms with Crippen molar-refractivity contribution in [1.82, 2.24) is 5.32 Å². The Kier molecular flexibility index (Phi) is 7.18. The van der Waals surface area contributed by atoms with Gasteiger partial charge in [0.2, 0.25) is 0 Å². The molecular formula is C13H24N2. The van der Waals surface area contributed by atoms with Gasteiger partial charge in [-0.1, -0.05) is 31.4 Å². The molecule has 0 saturated heterocycles. The average Bonchev–Trinajstić information content (AvgIpc) is 2.75. The summed E-state index contributed by atoms with van der Waals surface area (Å²) in [6.45, 7) is 3.06. The number of nitrogens with one attached hydrogen (secondary N) is 1. The van der Waals surface area contributed by atoms with E-state index in [4.69, 9.17) is 0 Å². The molecule has 1 atom stereocenters. The van der Waals surface area contributed by atoms with Gasteiger partial charge in [-0.2, -0.15) is 0 Å². The summed E-state index contributed by atoms with van der Waals surface area (Å²) in [6.07, 6.45) is 16.1. The van der Waals surface area contributed by atoms with Gasteiger partial charge in [0.1, 0.15) is 0 Å². The van der Waals surface area contributed by atoms with Crippen molar-refractivity contribution in [2.24, 2.45) is 4.99 Å². The SMILES string of the molecule is C/C=C/CCCCCCCC1N=CCN1. The first kappa shape index (κ1) is 12.4. The minimum absolute atomic E-state index is 0.424. The van der Waals surface area contributed by atoms with Crippen LogP contribution < -0.4 is 5.32 Å². The number of hydrogen-bond acceptors (Lipinski definition) is 2. The lowest BCUT2D eigenvalue weighted by molar-refractivity contribution is 0.506. The van der Waals surface area contributed by atoms with Crippen LogP contribution >= 0.6 is 0 Å². The summed E-state index contributed by atoms with van der Waals surface area (Å²) in [4.78, 5) is 4.35. The highest BCUT2D eigenvalue weighted by Gasteiger charge is 2.07. The van der Waals surface area contributed by atoms with Crippen molar-refractivity contribution in [1.29, 1.82) is 0 Å². The van der Waals surface area contributed by atoms with E-state index in [-0.39, 0.29) is 0 Å². The van der Waals surface area contributed by atoms with Crippen LogP contribution in [0.4, 0.5) is 0 Å². The molecule has 0 aliphatic carbocycles. The van der Waals surface area contributed by atoms with Crippen LogP contribution in [0.15, 0.2) is 17.1 Å². The third-order valence-corrected chi connectivity index (χ3v) is 2.81. The topological polar surface area (TPSA) is 24.4 Å². The first-order chi connectivity index (χ1) is 7.43. The van der Waals surface area contributed by atoms with Gasteiger partial charge in [-0.25, -0.2) is 0 Å². The Morgan fingerprint density at radius 1 is 1.27 bits per heavy atom. The van der Waals surface area contributed by atoms with Crippen LogP contribution in [0.5, 0.6) is 0 Å². The normalized spacial score (nSPS) is 20.5. The second-order valence-electron chi connectivity index (χ2n) is 4.17. The van der Waals surface area contributed by atoms with Crippen LogP contribution in [-0.4, -0.2) is 18.9 Å². The molecule has 0 aromatic rings. The Morgan fingerprint density at radius 3 is 2.80 bits per heavy atom. The monoisotopic (exact) mass is 208 g/mol. The van der Waals surface area contributed by atoms with Crippen LogP contribution in [0, 0.1) is 0 Å². The summed E-state index contributed by atoms with van der Waals surface area (Å²) in [5.74, 6) is 0. The summed E-state index contributed by atoms with van der Waals surface area (Å²) in [6, 6.07) is 0. The second-order valence-corrected chi connectivity index (χ2v) is 4.17. The van der Waals surface area contributed by atoms with Crippen molar-refractivity contribution >= 4 is 6.21 Å². The lowest BCUT2D eigenvalue weighted by atomic mass is 10.1. The molecule has 86 valence electrons. The van der Waals surface area contributed by atoms with Gasteiger partial charge in [-0.05, 0) is 32.6 Å². The summed E-state index contributed by atoms with van der Waals surface area (Å²) in [7, 11) is 0. The Labute approximate surface area is 93.9 Å². The maximum atomic E-state index is 4.35. The standard InChI is InChI=1S/C13H24N2/c1-2-3-4-5-6-7-8-9-10-13-14-11-12-15-13/h2-3,11,13,15H,4-10,12H2,1H3/b3-2+. The van der Waals surface area contributed by atoms with Crippen molar-refractivity contribution in [2.75, 3.05) is 6.54 Å². The average molecular weight is 208 g/mol. The van der Waals surface area contributed by atoms with E-state index in [1.165, 1.54) is 44.9 Å². The van der Waals surface area contributed by atoms with Crippen LogP contribution in [0.3, 0.4) is 0 Å². The number of allylic oxidation sites excluding steroid dienone is 2. The molecule has 0 radical (unpaired) electrons. The molecule has 1 aliphatic heterocycles. The molecule has 0 fully saturated rings. The zero-order valence-corrected chi connectivity index (χ0v) is 9.91. The van der Waals surface area contributed by atoms with Crippen molar-refractivity contribution in [3.8, 4) is 0 Å². The van der Waals surface area contributed by atoms with E-state index in [1.807, 2.05) is 6.21 Å². The molecule has 2 heteroatoms. The summed E-state index contributed by atoms with van der Waals surface area (Å²) in [5.41, 5.74) is 0. The molecule has 0 saturated carbocycles. The van der Waals surface area contributed by atoms with E-state index in [2.05, 4.69) is 29.4 Å². The van der Waals surface area contributed by atoms with E-state index in [0.717, 1.165) is 6.54 Å². The highest BCUT2D eigenvalue weighted by Crippen LogP contribution is 2.10. The van der Waals surface area contributed by atoms with Crippen LogP contribution in [0.2, 0.25) is 0 Å². The number of unbranched alkanes of at least 4 members (excludes halogenated alkanes) is 5. The maximum absolute atomic E-state index is 4.35. The van der Waals surface area contributed by atoms with Crippen LogP contribution in [-0.2, 0) is 0 Å². The third kappa shape index (κ3) is 6.45. The quantitative estimate of drug-likeness (QED) is 0.480. The van der Waals surface area contributed by atoms with E-state index < -0.39 is 0 Å². The van der Waals surface area contributed by atoms with Crippen molar-refractivity contribution in [2.45, 2.75) is 58.0 Å². The Bertz CT molecular complexity index is 197. The second kappa shape index (κ2) is 8.66. The molecule has 15 heavy (non-hydrogen) atoms. The number of nitrogens with zero attached hydrogens (tertiary/aromatic N) is 1. The molecular weight excluding hydrogens is 184 g/mol. The van der Waals surface area contributed by atoms with Gasteiger partial charge in [0.05, 0.1) is 6.17 Å². The third-order valence-electron chi connectivity index (χ3n) is 2.81. The van der Waals surface area contributed by atoms with E-state index in [1.54, 1.807) is 0 Å². The van der Waals surface area contributed by atoms with E-state index >= 15 is 0 Å². The molecule has 0 bridgehead atoms. The molecule has 1 unspecified atom stereocenters. The molecule has 0 spiro atoms. The van der Waals surface area contributed by atoms with Gasteiger partial charge in [0.25, 0.3) is 0 Å². The van der Waals surface area contributed by atoms with Gasteiger partial charge in [-0.15, -0.1) is 0 Å². The maximum Gasteiger partial charge on any atom is 0.0993 e. The van der Waals surface area contributed by atoms with Gasteiger partial charge >= 0.3 is 0 Å². The van der Waals surface area contributed by atoms with Crippen LogP contribution in [0.1, 0.15) is 51.9 Å². The smallest absolute Gasteiger partial charge is 0.0993 e. The molecule has 0 aromatic heterocycles. The Morgan fingerprint density at radius 2 is 2.07 bits per heavy atom. The van der Waals surface area contributed by atoms with E-state index in [9.17, 15) is 0 Å². The first-order valence-corrected chi connectivity index (χ1v) is 6.29. The van der Waals surface area contributed by atoms with Crippen molar-refractivity contribution in [3.63, 3.8) is 0 Å². The van der Waals surface area contributed by atoms with Crippen molar-refractivity contribution < 1.29 is 0 Å². The zero-order chi connectivity index (χ0) is 10.8. The first-order valence-electron chi connectivity index (χ1n) is 6.29. The fourth-order valence-electron chi connectivity index (χ4n) is 1.89. The molecule has 1 rings (SSSR count). The summed E-state index contributed by atoms with van der Waals surface area (Å²) >= 11 is 0. The van der Waals surface area contributed by atoms with Crippen molar-refractivity contribution in [3.05, 3.63) is 12.2 Å². The molecule has 0 aromatic carbocycles. The fraction of sp³-hybridized carbons (Fsp3) is 0.769. The van der Waals surface area contributed by atoms with E-state index in [0.29, 0.717) is 6.17 Å². The zero-order valence-electron chi connectivity index (χ0n) is 9.91. The predicted octanol–water partition coefficient (Wildman–Crippen LogP) is 3.29. The number of hydrogen-bond donors (Lipinski definition) is 1. The van der Waals surface area contributed by atoms with Gasteiger partial charge in [-0.3, -0.25) is 10.3 Å². The summed E-state index contributed by atoms with van der Waals surface area (Å²) in [5, 5.41) is 3.34. The molecule has 2 nitrogen and oxygen atoms in total. The highest BCUT2D eigenvalue weighted by molar-refractivity contribution is 5.61. The fourth-order valence-corrected chi connectivity index (χ4v) is 1.89. The number of rotatable bonds is 8. The minimum Gasteiger partial charge on any atom is -0.291 e. The van der Waals surface area contributed by atoms with Gasteiger partial charge < -0.3 is 0 Å². The lowest BCUT2D eigenvalue weighted by Crippen LogP contribution is -2.21. The van der Waals surface area contributed by atoms with Gasteiger partial charge in [0.15, 0.2) is 0 Å². The largest absolute Gasteiger partial charge is 0.291 e. The Balaban J connectivity index is 1.78. The minimum atomic E-state index is 0.424. The molecule has 1 heterocycles. The lowest BCUT2D eigenvalue weighted by Gasteiger charge is -2.06. The Hall–Kier alpha value is -0.630. The van der Waals surface area contributed by atoms with Crippen LogP contribution in [0.25, 0.3) is 0 Å².